The number of hydrogen-bond acceptors (Lipinski definition) is 3. The molecule has 0 spiro atoms. The summed E-state index contributed by atoms with van der Waals surface area (Å²) in [5.74, 6) is 0.878. The Kier molecular flexibility index (Phi) is 4.88. The van der Waals surface area contributed by atoms with Crippen LogP contribution in [-0.4, -0.2) is 42.5 Å². The summed E-state index contributed by atoms with van der Waals surface area (Å²) in [5, 5.41) is 3.10. The first-order valence-corrected chi connectivity index (χ1v) is 9.90. The molecule has 1 N–H and O–H groups in total. The molecule has 1 atom stereocenters. The average molecular weight is 356 g/mol. The molecule has 1 saturated heterocycles. The first kappa shape index (κ1) is 17.4. The van der Waals surface area contributed by atoms with Crippen LogP contribution in [0.1, 0.15) is 44.9 Å². The number of carbonyl (C=O) groups is 2. The summed E-state index contributed by atoms with van der Waals surface area (Å²) in [6.07, 6.45) is 7.14. The fraction of sp³-hybridized carbons (Fsp3) is 0.619. The number of nitrogens with one attached hydrogen (secondary N) is 1. The van der Waals surface area contributed by atoms with Gasteiger partial charge in [-0.3, -0.25) is 9.59 Å². The number of amides is 2. The number of para-hydroxylation sites is 1. The van der Waals surface area contributed by atoms with E-state index in [2.05, 4.69) is 5.32 Å². The summed E-state index contributed by atoms with van der Waals surface area (Å²) in [4.78, 5) is 26.8. The third kappa shape index (κ3) is 3.87. The predicted molar refractivity (Wildman–Crippen MR) is 98.7 cm³/mol. The number of ether oxygens (including phenoxy) is 1. The molecule has 3 aliphatic rings. The van der Waals surface area contributed by atoms with Crippen molar-refractivity contribution in [2.75, 3.05) is 19.7 Å². The Hall–Kier alpha value is -2.04. The molecule has 0 unspecified atom stereocenters. The minimum absolute atomic E-state index is 0.0323. The van der Waals surface area contributed by atoms with Gasteiger partial charge in [-0.15, -0.1) is 0 Å². The van der Waals surface area contributed by atoms with Crippen molar-refractivity contribution in [1.29, 1.82) is 0 Å². The molecular formula is C21H28N2O3. The molecular weight excluding hydrogens is 328 g/mol. The molecule has 2 aliphatic carbocycles. The van der Waals surface area contributed by atoms with Crippen LogP contribution in [0, 0.1) is 11.3 Å². The van der Waals surface area contributed by atoms with Crippen LogP contribution < -0.4 is 10.1 Å². The number of benzene rings is 1. The van der Waals surface area contributed by atoms with E-state index in [9.17, 15) is 9.59 Å². The molecule has 1 aromatic rings. The summed E-state index contributed by atoms with van der Waals surface area (Å²) in [6, 6.07) is 10.2. The van der Waals surface area contributed by atoms with Gasteiger partial charge < -0.3 is 15.0 Å². The molecule has 4 rings (SSSR count). The molecule has 2 saturated carbocycles. The van der Waals surface area contributed by atoms with Crippen LogP contribution in [0.15, 0.2) is 30.3 Å². The number of rotatable bonds is 7. The number of hydrogen-bond donors (Lipinski definition) is 1. The van der Waals surface area contributed by atoms with Crippen LogP contribution in [0.3, 0.4) is 0 Å². The number of carbonyl (C=O) groups excluding carboxylic acids is 2. The second-order valence-electron chi connectivity index (χ2n) is 8.20. The van der Waals surface area contributed by atoms with Crippen LogP contribution in [0.4, 0.5) is 0 Å². The zero-order chi connectivity index (χ0) is 18.0. The van der Waals surface area contributed by atoms with E-state index in [0.29, 0.717) is 32.2 Å². The van der Waals surface area contributed by atoms with Gasteiger partial charge in [0.05, 0.1) is 12.5 Å². The Bertz CT molecular complexity index is 650. The largest absolute Gasteiger partial charge is 0.493 e. The normalized spacial score (nSPS) is 24.7. The first-order chi connectivity index (χ1) is 12.7. The van der Waals surface area contributed by atoms with E-state index in [0.717, 1.165) is 31.4 Å². The van der Waals surface area contributed by atoms with Gasteiger partial charge in [0.25, 0.3) is 0 Å². The van der Waals surface area contributed by atoms with Gasteiger partial charge in [0.1, 0.15) is 5.75 Å². The zero-order valence-corrected chi connectivity index (χ0v) is 15.3. The third-order valence-corrected chi connectivity index (χ3v) is 6.18. The van der Waals surface area contributed by atoms with Crippen molar-refractivity contribution in [2.24, 2.45) is 11.3 Å². The van der Waals surface area contributed by atoms with Crippen molar-refractivity contribution in [2.45, 2.75) is 51.0 Å². The van der Waals surface area contributed by atoms with Crippen molar-refractivity contribution in [3.05, 3.63) is 30.3 Å². The average Bonchev–Trinajstić information content (AvgIpc) is 3.04. The standard InChI is InChI=1S/C21H28N2O3/c24-19-12-16(13-23(19)17-6-4-5-7-17)20(25)22-14-21(10-11-21)15-26-18-8-2-1-3-9-18/h1-3,8-9,16-17H,4-7,10-15H2,(H,22,25)/t16-/m0/s1. The van der Waals surface area contributed by atoms with Gasteiger partial charge >= 0.3 is 0 Å². The van der Waals surface area contributed by atoms with E-state index in [1.807, 2.05) is 35.2 Å². The molecule has 1 aliphatic heterocycles. The molecule has 1 aromatic carbocycles. The Morgan fingerprint density at radius 3 is 2.62 bits per heavy atom. The van der Waals surface area contributed by atoms with Gasteiger partial charge in [-0.05, 0) is 37.8 Å². The van der Waals surface area contributed by atoms with Crippen LogP contribution in [0.25, 0.3) is 0 Å². The lowest BCUT2D eigenvalue weighted by Crippen LogP contribution is -2.39. The Labute approximate surface area is 155 Å². The quantitative estimate of drug-likeness (QED) is 0.817. The number of likely N-dealkylation sites (tertiary alicyclic amines) is 1. The lowest BCUT2D eigenvalue weighted by atomic mass is 10.1. The zero-order valence-electron chi connectivity index (χ0n) is 15.3. The van der Waals surface area contributed by atoms with Crippen molar-refractivity contribution in [1.82, 2.24) is 10.2 Å². The lowest BCUT2D eigenvalue weighted by Gasteiger charge is -2.24. The van der Waals surface area contributed by atoms with Crippen LogP contribution in [0.5, 0.6) is 5.75 Å². The highest BCUT2D eigenvalue weighted by atomic mass is 16.5. The first-order valence-electron chi connectivity index (χ1n) is 9.90. The fourth-order valence-electron chi connectivity index (χ4n) is 4.20. The molecule has 0 bridgehead atoms. The van der Waals surface area contributed by atoms with Gasteiger partial charge in [0.2, 0.25) is 11.8 Å². The van der Waals surface area contributed by atoms with Crippen molar-refractivity contribution >= 4 is 11.8 Å². The second kappa shape index (κ2) is 7.29. The van der Waals surface area contributed by atoms with Crippen molar-refractivity contribution in [3.63, 3.8) is 0 Å². The molecule has 140 valence electrons. The summed E-state index contributed by atoms with van der Waals surface area (Å²) >= 11 is 0. The van der Waals surface area contributed by atoms with Gasteiger partial charge in [0.15, 0.2) is 0 Å². The van der Waals surface area contributed by atoms with Crippen molar-refractivity contribution in [3.8, 4) is 5.75 Å². The monoisotopic (exact) mass is 356 g/mol. The molecule has 5 nitrogen and oxygen atoms in total. The predicted octanol–water partition coefficient (Wildman–Crippen LogP) is 2.75. The maximum Gasteiger partial charge on any atom is 0.225 e. The Balaban J connectivity index is 1.24. The molecule has 0 aromatic heterocycles. The van der Waals surface area contributed by atoms with Gasteiger partial charge in [-0.25, -0.2) is 0 Å². The highest BCUT2D eigenvalue weighted by Crippen LogP contribution is 2.45. The topological polar surface area (TPSA) is 58.6 Å². The van der Waals surface area contributed by atoms with Gasteiger partial charge in [-0.1, -0.05) is 31.0 Å². The molecule has 26 heavy (non-hydrogen) atoms. The summed E-state index contributed by atoms with van der Waals surface area (Å²) in [5.41, 5.74) is 0.0687. The van der Waals surface area contributed by atoms with Crippen LogP contribution in [-0.2, 0) is 9.59 Å². The SMILES string of the molecule is O=C(NCC1(COc2ccccc2)CC1)[C@H]1CC(=O)N(C2CCCC2)C1. The highest BCUT2D eigenvalue weighted by Gasteiger charge is 2.45. The van der Waals surface area contributed by atoms with E-state index < -0.39 is 0 Å². The van der Waals surface area contributed by atoms with E-state index in [1.165, 1.54) is 12.8 Å². The molecule has 0 radical (unpaired) electrons. The lowest BCUT2D eigenvalue weighted by molar-refractivity contribution is -0.130. The summed E-state index contributed by atoms with van der Waals surface area (Å²) < 4.78 is 5.88. The van der Waals surface area contributed by atoms with Gasteiger partial charge in [-0.2, -0.15) is 0 Å². The van der Waals surface area contributed by atoms with E-state index in [-0.39, 0.29) is 23.1 Å². The maximum atomic E-state index is 12.6. The Morgan fingerprint density at radius 1 is 1.19 bits per heavy atom. The van der Waals surface area contributed by atoms with Crippen LogP contribution in [0.2, 0.25) is 0 Å². The highest BCUT2D eigenvalue weighted by molar-refractivity contribution is 5.89. The molecule has 5 heteroatoms. The molecule has 3 fully saturated rings. The molecule has 2 amide bonds. The maximum absolute atomic E-state index is 12.6. The fourth-order valence-corrected chi connectivity index (χ4v) is 4.20. The van der Waals surface area contributed by atoms with Gasteiger partial charge in [0, 0.05) is 31.0 Å². The second-order valence-corrected chi connectivity index (χ2v) is 8.20. The smallest absolute Gasteiger partial charge is 0.225 e. The minimum atomic E-state index is -0.186. The van der Waals surface area contributed by atoms with Crippen molar-refractivity contribution < 1.29 is 14.3 Å². The molecule has 1 heterocycles. The summed E-state index contributed by atoms with van der Waals surface area (Å²) in [6.45, 7) is 1.88. The third-order valence-electron chi connectivity index (χ3n) is 6.18. The van der Waals surface area contributed by atoms with E-state index >= 15 is 0 Å². The van der Waals surface area contributed by atoms with Crippen LogP contribution >= 0.6 is 0 Å². The Morgan fingerprint density at radius 2 is 1.92 bits per heavy atom. The number of nitrogens with zero attached hydrogens (tertiary/aromatic N) is 1. The van der Waals surface area contributed by atoms with E-state index in [1.54, 1.807) is 0 Å². The van der Waals surface area contributed by atoms with E-state index in [4.69, 9.17) is 4.74 Å². The summed E-state index contributed by atoms with van der Waals surface area (Å²) in [7, 11) is 0. The minimum Gasteiger partial charge on any atom is -0.493 e.